The molecule has 0 spiro atoms. The molecule has 0 radical (unpaired) electrons. The molecule has 1 amide bonds. The van der Waals surface area contributed by atoms with Gasteiger partial charge >= 0.3 is 0 Å². The summed E-state index contributed by atoms with van der Waals surface area (Å²) >= 11 is 4.07. The van der Waals surface area contributed by atoms with Crippen LogP contribution in [0.25, 0.3) is 0 Å². The fourth-order valence-corrected chi connectivity index (χ4v) is 4.55. The average Bonchev–Trinajstić information content (AvgIpc) is 2.78. The zero-order valence-corrected chi connectivity index (χ0v) is 19.4. The highest BCUT2D eigenvalue weighted by atomic mass is 32.1. The number of anilines is 1. The van der Waals surface area contributed by atoms with E-state index >= 15 is 0 Å². The lowest BCUT2D eigenvalue weighted by atomic mass is 9.69. The van der Waals surface area contributed by atoms with Crippen LogP contribution < -0.4 is 10.1 Å². The monoisotopic (exact) mass is 439 g/mol. The van der Waals surface area contributed by atoms with E-state index in [1.165, 1.54) is 6.42 Å². The number of carbonyl (C=O) groups is 2. The lowest BCUT2D eigenvalue weighted by Gasteiger charge is -2.36. The zero-order valence-electron chi connectivity index (χ0n) is 18.5. The molecule has 0 aliphatic heterocycles. The van der Waals surface area contributed by atoms with Crippen molar-refractivity contribution in [3.05, 3.63) is 60.2 Å². The minimum Gasteiger partial charge on any atom is -0.477 e. The van der Waals surface area contributed by atoms with Crippen LogP contribution in [0.2, 0.25) is 0 Å². The van der Waals surface area contributed by atoms with Crippen LogP contribution in [-0.2, 0) is 9.59 Å². The molecular weight excluding hydrogens is 406 g/mol. The fourth-order valence-electron chi connectivity index (χ4n) is 4.36. The van der Waals surface area contributed by atoms with Crippen molar-refractivity contribution in [1.82, 2.24) is 0 Å². The van der Waals surface area contributed by atoms with Crippen molar-refractivity contribution in [3.63, 3.8) is 0 Å². The Kier molecular flexibility index (Phi) is 8.19. The number of rotatable bonds is 9. The van der Waals surface area contributed by atoms with E-state index in [1.807, 2.05) is 42.5 Å². The number of hydrogen-bond acceptors (Lipinski definition) is 3. The van der Waals surface area contributed by atoms with Crippen LogP contribution in [-0.4, -0.2) is 11.0 Å². The quantitative estimate of drug-likeness (QED) is 0.433. The summed E-state index contributed by atoms with van der Waals surface area (Å²) in [5.74, 6) is 1.20. The molecule has 0 saturated heterocycles. The molecule has 1 aliphatic rings. The van der Waals surface area contributed by atoms with Crippen molar-refractivity contribution >= 4 is 29.3 Å². The third kappa shape index (κ3) is 6.13. The second-order valence-electron chi connectivity index (χ2n) is 8.96. The minimum atomic E-state index is -0.903. The molecule has 1 fully saturated rings. The molecule has 0 aromatic heterocycles. The Morgan fingerprint density at radius 3 is 2.29 bits per heavy atom. The van der Waals surface area contributed by atoms with Crippen molar-refractivity contribution in [1.29, 1.82) is 0 Å². The summed E-state index contributed by atoms with van der Waals surface area (Å²) in [6.07, 6.45) is 6.23. The molecule has 166 valence electrons. The first kappa shape index (κ1) is 23.4. The molecule has 31 heavy (non-hydrogen) atoms. The van der Waals surface area contributed by atoms with Crippen LogP contribution in [0.3, 0.4) is 0 Å². The Bertz CT molecular complexity index is 875. The molecule has 5 heteroatoms. The number of ether oxygens (including phenoxy) is 1. The van der Waals surface area contributed by atoms with Crippen molar-refractivity contribution < 1.29 is 14.3 Å². The fraction of sp³-hybridized carbons (Fsp3) is 0.462. The minimum absolute atomic E-state index is 0.0605. The summed E-state index contributed by atoms with van der Waals surface area (Å²) in [6.45, 7) is 4.40. The normalized spacial score (nSPS) is 16.5. The predicted molar refractivity (Wildman–Crippen MR) is 128 cm³/mol. The van der Waals surface area contributed by atoms with Gasteiger partial charge in [0.05, 0.1) is 0 Å². The predicted octanol–water partition coefficient (Wildman–Crippen LogP) is 6.59. The molecule has 0 unspecified atom stereocenters. The SMILES string of the molecule is CC(C)CCC1(C(=O)Nc2ccccc2[C@H](Oc2ccccc2)C(=O)S)CCCCC1. The van der Waals surface area contributed by atoms with Gasteiger partial charge in [0.15, 0.2) is 6.10 Å². The van der Waals surface area contributed by atoms with Crippen LogP contribution >= 0.6 is 12.6 Å². The standard InChI is InChI=1S/C26H33NO3S/c1-19(2)15-18-26(16-9-4-10-17-26)25(29)27-22-14-8-7-13-21(22)23(24(28)31)30-20-11-5-3-6-12-20/h3,5-8,11-14,19,23H,4,9-10,15-18H2,1-2H3,(H,27,29)(H,28,31)/t23-/m0/s1. The Labute approximate surface area is 191 Å². The van der Waals surface area contributed by atoms with Gasteiger partial charge in [-0.1, -0.05) is 69.5 Å². The van der Waals surface area contributed by atoms with Gasteiger partial charge in [-0.15, -0.1) is 12.6 Å². The van der Waals surface area contributed by atoms with Crippen molar-refractivity contribution in [2.24, 2.45) is 11.3 Å². The smallest absolute Gasteiger partial charge is 0.231 e. The summed E-state index contributed by atoms with van der Waals surface area (Å²) in [5, 5.41) is 2.76. The first-order valence-electron chi connectivity index (χ1n) is 11.3. The van der Waals surface area contributed by atoms with Crippen molar-refractivity contribution in [3.8, 4) is 5.75 Å². The van der Waals surface area contributed by atoms with Gasteiger partial charge in [-0.25, -0.2) is 0 Å². The third-order valence-electron chi connectivity index (χ3n) is 6.21. The summed E-state index contributed by atoms with van der Waals surface area (Å²) in [5.41, 5.74) is 0.899. The number of para-hydroxylation sites is 2. The second kappa shape index (κ2) is 10.9. The molecular formula is C26H33NO3S. The largest absolute Gasteiger partial charge is 0.477 e. The van der Waals surface area contributed by atoms with E-state index < -0.39 is 11.2 Å². The molecule has 0 bridgehead atoms. The molecule has 2 aromatic rings. The van der Waals surface area contributed by atoms with E-state index in [0.717, 1.165) is 38.5 Å². The number of benzene rings is 2. The van der Waals surface area contributed by atoms with Gasteiger partial charge in [0.25, 0.3) is 0 Å². The summed E-state index contributed by atoms with van der Waals surface area (Å²) < 4.78 is 5.96. The highest BCUT2D eigenvalue weighted by Crippen LogP contribution is 2.42. The van der Waals surface area contributed by atoms with Gasteiger partial charge in [0.1, 0.15) is 5.75 Å². The number of hydrogen-bond donors (Lipinski definition) is 2. The van der Waals surface area contributed by atoms with E-state index in [1.54, 1.807) is 12.1 Å². The van der Waals surface area contributed by atoms with Crippen molar-refractivity contribution in [2.45, 2.75) is 64.9 Å². The zero-order chi connectivity index (χ0) is 22.3. The van der Waals surface area contributed by atoms with Crippen LogP contribution in [0.1, 0.15) is 70.5 Å². The number of amides is 1. The Morgan fingerprint density at radius 1 is 1.00 bits per heavy atom. The molecule has 1 atom stereocenters. The van der Waals surface area contributed by atoms with Crippen LogP contribution in [0.5, 0.6) is 5.75 Å². The summed E-state index contributed by atoms with van der Waals surface area (Å²) in [6, 6.07) is 16.6. The lowest BCUT2D eigenvalue weighted by molar-refractivity contribution is -0.128. The second-order valence-corrected chi connectivity index (χ2v) is 9.40. The molecule has 3 rings (SSSR count). The van der Waals surface area contributed by atoms with Gasteiger partial charge in [0, 0.05) is 16.7 Å². The first-order valence-corrected chi connectivity index (χ1v) is 11.7. The summed E-state index contributed by atoms with van der Waals surface area (Å²) in [4.78, 5) is 25.9. The third-order valence-corrected chi connectivity index (χ3v) is 6.44. The Hall–Kier alpha value is -2.27. The maximum absolute atomic E-state index is 13.5. The molecule has 2 aromatic carbocycles. The van der Waals surface area contributed by atoms with E-state index in [4.69, 9.17) is 4.74 Å². The Balaban J connectivity index is 1.85. The maximum Gasteiger partial charge on any atom is 0.231 e. The van der Waals surface area contributed by atoms with Crippen LogP contribution in [0.15, 0.2) is 54.6 Å². The lowest BCUT2D eigenvalue weighted by Crippen LogP contribution is -2.38. The topological polar surface area (TPSA) is 55.4 Å². The van der Waals surface area contributed by atoms with Crippen molar-refractivity contribution in [2.75, 3.05) is 5.32 Å². The first-order chi connectivity index (χ1) is 14.9. The maximum atomic E-state index is 13.5. The van der Waals surface area contributed by atoms with E-state index in [2.05, 4.69) is 31.8 Å². The van der Waals surface area contributed by atoms with Gasteiger partial charge in [-0.3, -0.25) is 9.59 Å². The molecule has 1 aliphatic carbocycles. The van der Waals surface area contributed by atoms with E-state index in [-0.39, 0.29) is 11.3 Å². The number of thiol groups is 1. The van der Waals surface area contributed by atoms with Crippen LogP contribution in [0, 0.1) is 11.3 Å². The average molecular weight is 440 g/mol. The molecule has 0 heterocycles. The van der Waals surface area contributed by atoms with Gasteiger partial charge in [0.2, 0.25) is 11.0 Å². The van der Waals surface area contributed by atoms with E-state index in [9.17, 15) is 9.59 Å². The molecule has 1 N–H and O–H groups in total. The van der Waals surface area contributed by atoms with E-state index in [0.29, 0.717) is 22.9 Å². The highest BCUT2D eigenvalue weighted by molar-refractivity contribution is 7.96. The van der Waals surface area contributed by atoms with Gasteiger partial charge < -0.3 is 10.1 Å². The van der Waals surface area contributed by atoms with Gasteiger partial charge in [-0.05, 0) is 49.8 Å². The molecule has 4 nitrogen and oxygen atoms in total. The number of carbonyl (C=O) groups excluding carboxylic acids is 2. The van der Waals surface area contributed by atoms with Crippen LogP contribution in [0.4, 0.5) is 5.69 Å². The van der Waals surface area contributed by atoms with Gasteiger partial charge in [-0.2, -0.15) is 0 Å². The molecule has 1 saturated carbocycles. The highest BCUT2D eigenvalue weighted by Gasteiger charge is 2.39. The Morgan fingerprint density at radius 2 is 1.65 bits per heavy atom. The summed E-state index contributed by atoms with van der Waals surface area (Å²) in [7, 11) is 0. The number of nitrogens with one attached hydrogen (secondary N) is 1.